The molecule has 2 heterocycles. The molecule has 20 heavy (non-hydrogen) atoms. The van der Waals surface area contributed by atoms with Gasteiger partial charge in [-0.2, -0.15) is 0 Å². The first-order valence-corrected chi connectivity index (χ1v) is 5.97. The Kier molecular flexibility index (Phi) is 2.87. The number of nitrogens with one attached hydrogen (secondary N) is 1. The first-order chi connectivity index (χ1) is 9.56. The standard InChI is InChI=1S/C13H7ClFN3O2/c14-6-1-2-9(15)8(5-6)11-17-10-7(13(19)20)3-4-16-12(10)18-11/h1-5H,(H,19,20)(H,16,17,18). The number of aromatic amines is 1. The monoisotopic (exact) mass is 291 g/mol. The Bertz CT molecular complexity index is 832. The fourth-order valence-electron chi connectivity index (χ4n) is 1.90. The van der Waals surface area contributed by atoms with E-state index in [4.69, 9.17) is 16.7 Å². The lowest BCUT2D eigenvalue weighted by Gasteiger charge is -1.99. The Hall–Kier alpha value is -2.47. The Labute approximate surface area is 117 Å². The second-order valence-electron chi connectivity index (χ2n) is 4.07. The van der Waals surface area contributed by atoms with Crippen LogP contribution in [0.15, 0.2) is 30.5 Å². The summed E-state index contributed by atoms with van der Waals surface area (Å²) >= 11 is 5.83. The van der Waals surface area contributed by atoms with E-state index < -0.39 is 11.8 Å². The number of imidazole rings is 1. The molecule has 0 saturated carbocycles. The molecule has 0 bridgehead atoms. The van der Waals surface area contributed by atoms with Gasteiger partial charge in [-0.25, -0.2) is 19.2 Å². The van der Waals surface area contributed by atoms with E-state index in [1.807, 2.05) is 0 Å². The van der Waals surface area contributed by atoms with Crippen LogP contribution in [-0.4, -0.2) is 26.0 Å². The molecule has 0 aliphatic carbocycles. The van der Waals surface area contributed by atoms with Gasteiger partial charge in [0, 0.05) is 11.2 Å². The lowest BCUT2D eigenvalue weighted by molar-refractivity contribution is 0.0698. The van der Waals surface area contributed by atoms with Gasteiger partial charge in [0.1, 0.15) is 11.6 Å². The van der Waals surface area contributed by atoms with Gasteiger partial charge in [-0.1, -0.05) is 11.6 Å². The van der Waals surface area contributed by atoms with Crippen LogP contribution in [-0.2, 0) is 0 Å². The van der Waals surface area contributed by atoms with Crippen molar-refractivity contribution in [3.63, 3.8) is 0 Å². The third kappa shape index (κ3) is 2.00. The van der Waals surface area contributed by atoms with Gasteiger partial charge in [0.05, 0.1) is 16.6 Å². The number of nitrogens with zero attached hydrogens (tertiary/aromatic N) is 2. The highest BCUT2D eigenvalue weighted by Crippen LogP contribution is 2.26. The van der Waals surface area contributed by atoms with E-state index in [0.29, 0.717) is 5.02 Å². The van der Waals surface area contributed by atoms with Crippen molar-refractivity contribution in [3.05, 3.63) is 46.9 Å². The summed E-state index contributed by atoms with van der Waals surface area (Å²) in [6.45, 7) is 0. The zero-order valence-corrected chi connectivity index (χ0v) is 10.6. The molecular weight excluding hydrogens is 285 g/mol. The van der Waals surface area contributed by atoms with E-state index in [9.17, 15) is 9.18 Å². The minimum Gasteiger partial charge on any atom is -0.478 e. The average Bonchev–Trinajstić information content (AvgIpc) is 2.84. The SMILES string of the molecule is O=C(O)c1ccnc2nc(-c3cc(Cl)ccc3F)[nH]c12. The number of aromatic carboxylic acids is 1. The first kappa shape index (κ1) is 12.6. The largest absolute Gasteiger partial charge is 0.478 e. The highest BCUT2D eigenvalue weighted by Gasteiger charge is 2.16. The predicted octanol–water partition coefficient (Wildman–Crippen LogP) is 3.12. The van der Waals surface area contributed by atoms with Gasteiger partial charge in [-0.3, -0.25) is 0 Å². The third-order valence-electron chi connectivity index (χ3n) is 2.81. The topological polar surface area (TPSA) is 78.9 Å². The van der Waals surface area contributed by atoms with E-state index in [-0.39, 0.29) is 28.1 Å². The zero-order valence-electron chi connectivity index (χ0n) is 9.89. The van der Waals surface area contributed by atoms with Gasteiger partial charge in [0.25, 0.3) is 0 Å². The number of carbonyl (C=O) groups is 1. The number of carboxylic acids is 1. The molecule has 0 saturated heterocycles. The molecule has 7 heteroatoms. The van der Waals surface area contributed by atoms with Crippen molar-refractivity contribution in [3.8, 4) is 11.4 Å². The summed E-state index contributed by atoms with van der Waals surface area (Å²) in [5.41, 5.74) is 0.636. The quantitative estimate of drug-likeness (QED) is 0.760. The Morgan fingerprint density at radius 1 is 1.35 bits per heavy atom. The number of benzene rings is 1. The Balaban J connectivity index is 2.26. The number of hydrogen-bond acceptors (Lipinski definition) is 3. The van der Waals surface area contributed by atoms with Crippen molar-refractivity contribution in [1.29, 1.82) is 0 Å². The molecule has 3 aromatic rings. The maximum Gasteiger partial charge on any atom is 0.338 e. The van der Waals surface area contributed by atoms with Crippen LogP contribution in [0.4, 0.5) is 4.39 Å². The first-order valence-electron chi connectivity index (χ1n) is 5.59. The highest BCUT2D eigenvalue weighted by atomic mass is 35.5. The van der Waals surface area contributed by atoms with Crippen LogP contribution in [0, 0.1) is 5.82 Å². The van der Waals surface area contributed by atoms with Crippen molar-refractivity contribution in [2.45, 2.75) is 0 Å². The molecule has 0 spiro atoms. The maximum absolute atomic E-state index is 13.8. The highest BCUT2D eigenvalue weighted by molar-refractivity contribution is 6.30. The van der Waals surface area contributed by atoms with E-state index in [1.165, 1.54) is 30.5 Å². The molecule has 0 atom stereocenters. The van der Waals surface area contributed by atoms with Gasteiger partial charge in [-0.15, -0.1) is 0 Å². The van der Waals surface area contributed by atoms with E-state index in [2.05, 4.69) is 15.0 Å². The Morgan fingerprint density at radius 3 is 2.90 bits per heavy atom. The molecule has 0 radical (unpaired) electrons. The van der Waals surface area contributed by atoms with Crippen molar-refractivity contribution in [1.82, 2.24) is 15.0 Å². The van der Waals surface area contributed by atoms with Crippen LogP contribution < -0.4 is 0 Å². The van der Waals surface area contributed by atoms with E-state index >= 15 is 0 Å². The van der Waals surface area contributed by atoms with Gasteiger partial charge < -0.3 is 10.1 Å². The van der Waals surface area contributed by atoms with Crippen LogP contribution in [0.1, 0.15) is 10.4 Å². The molecule has 0 fully saturated rings. The van der Waals surface area contributed by atoms with Crippen LogP contribution in [0.25, 0.3) is 22.6 Å². The maximum atomic E-state index is 13.8. The van der Waals surface area contributed by atoms with Crippen LogP contribution in [0.2, 0.25) is 5.02 Å². The van der Waals surface area contributed by atoms with Crippen molar-refractivity contribution in [2.75, 3.05) is 0 Å². The van der Waals surface area contributed by atoms with E-state index in [0.717, 1.165) is 0 Å². The predicted molar refractivity (Wildman–Crippen MR) is 71.3 cm³/mol. The average molecular weight is 292 g/mol. The number of H-pyrrole nitrogens is 1. The van der Waals surface area contributed by atoms with Crippen molar-refractivity contribution >= 4 is 28.7 Å². The number of pyridine rings is 1. The molecule has 5 nitrogen and oxygen atoms in total. The number of hydrogen-bond donors (Lipinski definition) is 2. The van der Waals surface area contributed by atoms with Gasteiger partial charge >= 0.3 is 5.97 Å². The normalized spacial score (nSPS) is 10.9. The number of fused-ring (bicyclic) bond motifs is 1. The number of carboxylic acid groups (broad SMARTS) is 1. The number of halogens is 2. The minimum absolute atomic E-state index is 0.0242. The Morgan fingerprint density at radius 2 is 2.15 bits per heavy atom. The molecule has 0 aliphatic rings. The van der Waals surface area contributed by atoms with Gasteiger partial charge in [0.2, 0.25) is 0 Å². The summed E-state index contributed by atoms with van der Waals surface area (Å²) in [4.78, 5) is 21.9. The van der Waals surface area contributed by atoms with Crippen molar-refractivity contribution < 1.29 is 14.3 Å². The smallest absolute Gasteiger partial charge is 0.338 e. The zero-order chi connectivity index (χ0) is 14.3. The van der Waals surface area contributed by atoms with Crippen LogP contribution >= 0.6 is 11.6 Å². The van der Waals surface area contributed by atoms with Crippen LogP contribution in [0.5, 0.6) is 0 Å². The number of aromatic nitrogens is 3. The lowest BCUT2D eigenvalue weighted by atomic mass is 10.2. The summed E-state index contributed by atoms with van der Waals surface area (Å²) in [6, 6.07) is 5.40. The molecule has 2 aromatic heterocycles. The minimum atomic E-state index is -1.11. The third-order valence-corrected chi connectivity index (χ3v) is 3.04. The summed E-state index contributed by atoms with van der Waals surface area (Å²) in [5.74, 6) is -1.44. The fraction of sp³-hybridized carbons (Fsp3) is 0. The van der Waals surface area contributed by atoms with Crippen LogP contribution in [0.3, 0.4) is 0 Å². The summed E-state index contributed by atoms with van der Waals surface area (Å²) in [6.07, 6.45) is 1.34. The van der Waals surface area contributed by atoms with Crippen molar-refractivity contribution in [2.24, 2.45) is 0 Å². The van der Waals surface area contributed by atoms with E-state index in [1.54, 1.807) is 0 Å². The molecule has 1 aromatic carbocycles. The van der Waals surface area contributed by atoms with Gasteiger partial charge in [0.15, 0.2) is 5.65 Å². The molecule has 0 unspecified atom stereocenters. The molecule has 100 valence electrons. The lowest BCUT2D eigenvalue weighted by Crippen LogP contribution is -1.97. The summed E-state index contributed by atoms with van der Waals surface area (Å²) in [7, 11) is 0. The molecule has 0 amide bonds. The fourth-order valence-corrected chi connectivity index (χ4v) is 2.07. The van der Waals surface area contributed by atoms with Gasteiger partial charge in [-0.05, 0) is 24.3 Å². The molecular formula is C13H7ClFN3O2. The summed E-state index contributed by atoms with van der Waals surface area (Å²) in [5, 5.41) is 9.45. The second-order valence-corrected chi connectivity index (χ2v) is 4.51. The summed E-state index contributed by atoms with van der Waals surface area (Å²) < 4.78 is 13.8. The molecule has 2 N–H and O–H groups in total. The molecule has 3 rings (SSSR count). The molecule has 0 aliphatic heterocycles. The number of rotatable bonds is 2. The second kappa shape index (κ2) is 4.57.